The second kappa shape index (κ2) is 3.38. The third kappa shape index (κ3) is 1.85. The fraction of sp³-hybridized carbons (Fsp3) is 0.625. The monoisotopic (exact) mass is 137 g/mol. The van der Waals surface area contributed by atoms with Crippen molar-refractivity contribution in [1.82, 2.24) is 5.32 Å². The molecule has 0 atom stereocenters. The van der Waals surface area contributed by atoms with Crippen molar-refractivity contribution in [2.75, 3.05) is 13.1 Å². The summed E-state index contributed by atoms with van der Waals surface area (Å²) >= 11 is 0. The minimum Gasteiger partial charge on any atom is -0.316 e. The number of terminal acetylenes is 1. The van der Waals surface area contributed by atoms with Crippen LogP contribution in [-0.2, 0) is 4.79 Å². The Kier molecular flexibility index (Phi) is 2.47. The zero-order valence-corrected chi connectivity index (χ0v) is 5.89. The predicted octanol–water partition coefficient (Wildman–Crippen LogP) is 0.188. The summed E-state index contributed by atoms with van der Waals surface area (Å²) in [6.45, 7) is 1.96. The van der Waals surface area contributed by atoms with Crippen LogP contribution in [0.1, 0.15) is 12.8 Å². The number of hydrogen-bond donors (Lipinski definition) is 1. The summed E-state index contributed by atoms with van der Waals surface area (Å²) in [6, 6.07) is 0. The van der Waals surface area contributed by atoms with Crippen molar-refractivity contribution in [3.05, 3.63) is 0 Å². The van der Waals surface area contributed by atoms with Gasteiger partial charge in [0.15, 0.2) is 0 Å². The number of Topliss-reactive ketones (excluding diaryl/α,β-unsaturated/α-hetero) is 1. The van der Waals surface area contributed by atoms with Gasteiger partial charge in [-0.1, -0.05) is 5.92 Å². The van der Waals surface area contributed by atoms with Gasteiger partial charge in [-0.2, -0.15) is 0 Å². The van der Waals surface area contributed by atoms with E-state index in [4.69, 9.17) is 6.42 Å². The predicted molar refractivity (Wildman–Crippen MR) is 39.4 cm³/mol. The average Bonchev–Trinajstić information content (AvgIpc) is 1.80. The first kappa shape index (κ1) is 7.30. The van der Waals surface area contributed by atoms with Crippen LogP contribution < -0.4 is 5.32 Å². The third-order valence-corrected chi connectivity index (χ3v) is 1.68. The Balaban J connectivity index is 2.12. The van der Waals surface area contributed by atoms with Gasteiger partial charge in [-0.15, -0.1) is 6.42 Å². The van der Waals surface area contributed by atoms with E-state index in [-0.39, 0.29) is 5.78 Å². The standard InChI is InChI=1S/C8H11NO/c1-2-3-8(10)4-7-5-9-6-7/h1,7,9H,3-6H2. The van der Waals surface area contributed by atoms with Gasteiger partial charge >= 0.3 is 0 Å². The maximum Gasteiger partial charge on any atom is 0.145 e. The zero-order chi connectivity index (χ0) is 7.40. The molecule has 1 heterocycles. The van der Waals surface area contributed by atoms with Crippen molar-refractivity contribution in [2.45, 2.75) is 12.8 Å². The van der Waals surface area contributed by atoms with Gasteiger partial charge in [0.2, 0.25) is 0 Å². The van der Waals surface area contributed by atoms with Gasteiger partial charge in [0.1, 0.15) is 5.78 Å². The molecule has 10 heavy (non-hydrogen) atoms. The van der Waals surface area contributed by atoms with Crippen LogP contribution in [0.25, 0.3) is 0 Å². The maximum absolute atomic E-state index is 10.9. The lowest BCUT2D eigenvalue weighted by atomic mass is 9.96. The molecule has 0 aliphatic carbocycles. The van der Waals surface area contributed by atoms with Crippen LogP contribution in [0.3, 0.4) is 0 Å². The molecule has 1 aliphatic rings. The molecule has 0 aromatic rings. The van der Waals surface area contributed by atoms with Gasteiger partial charge in [0, 0.05) is 6.42 Å². The molecule has 1 rings (SSSR count). The Bertz CT molecular complexity index is 165. The highest BCUT2D eigenvalue weighted by Gasteiger charge is 2.18. The molecule has 1 N–H and O–H groups in total. The van der Waals surface area contributed by atoms with Gasteiger partial charge in [-0.3, -0.25) is 4.79 Å². The van der Waals surface area contributed by atoms with Crippen LogP contribution in [0, 0.1) is 18.3 Å². The summed E-state index contributed by atoms with van der Waals surface area (Å²) in [5, 5.41) is 3.10. The molecule has 0 spiro atoms. The fourth-order valence-electron chi connectivity index (χ4n) is 1.00. The summed E-state index contributed by atoms with van der Waals surface area (Å²) in [4.78, 5) is 10.9. The van der Waals surface area contributed by atoms with Gasteiger partial charge in [-0.05, 0) is 19.0 Å². The van der Waals surface area contributed by atoms with Crippen molar-refractivity contribution in [1.29, 1.82) is 0 Å². The Morgan fingerprint density at radius 1 is 1.70 bits per heavy atom. The summed E-state index contributed by atoms with van der Waals surface area (Å²) in [6.07, 6.45) is 5.94. The summed E-state index contributed by atoms with van der Waals surface area (Å²) in [7, 11) is 0. The van der Waals surface area contributed by atoms with Crippen LogP contribution in [0.5, 0.6) is 0 Å². The van der Waals surface area contributed by atoms with E-state index in [0.29, 0.717) is 18.8 Å². The van der Waals surface area contributed by atoms with Gasteiger partial charge in [-0.25, -0.2) is 0 Å². The normalized spacial score (nSPS) is 17.5. The van der Waals surface area contributed by atoms with E-state index >= 15 is 0 Å². The average molecular weight is 137 g/mol. The lowest BCUT2D eigenvalue weighted by Gasteiger charge is -2.25. The lowest BCUT2D eigenvalue weighted by Crippen LogP contribution is -2.42. The number of carbonyl (C=O) groups is 1. The zero-order valence-electron chi connectivity index (χ0n) is 5.89. The fourth-order valence-corrected chi connectivity index (χ4v) is 1.00. The molecule has 2 heteroatoms. The molecule has 0 aromatic carbocycles. The topological polar surface area (TPSA) is 29.1 Å². The van der Waals surface area contributed by atoms with Crippen molar-refractivity contribution in [2.24, 2.45) is 5.92 Å². The van der Waals surface area contributed by atoms with Crippen molar-refractivity contribution in [3.63, 3.8) is 0 Å². The second-order valence-electron chi connectivity index (χ2n) is 2.65. The summed E-state index contributed by atoms with van der Waals surface area (Å²) in [5.74, 6) is 3.11. The number of nitrogens with one attached hydrogen (secondary N) is 1. The van der Waals surface area contributed by atoms with Crippen LogP contribution >= 0.6 is 0 Å². The molecule has 2 nitrogen and oxygen atoms in total. The lowest BCUT2D eigenvalue weighted by molar-refractivity contribution is -0.119. The highest BCUT2D eigenvalue weighted by atomic mass is 16.1. The minimum absolute atomic E-state index is 0.203. The maximum atomic E-state index is 10.9. The highest BCUT2D eigenvalue weighted by molar-refractivity contribution is 5.81. The van der Waals surface area contributed by atoms with Crippen molar-refractivity contribution in [3.8, 4) is 12.3 Å². The van der Waals surface area contributed by atoms with Crippen LogP contribution in [0.4, 0.5) is 0 Å². The highest BCUT2D eigenvalue weighted by Crippen LogP contribution is 2.09. The van der Waals surface area contributed by atoms with E-state index in [1.165, 1.54) is 0 Å². The number of rotatable bonds is 3. The van der Waals surface area contributed by atoms with Gasteiger partial charge in [0.05, 0.1) is 6.42 Å². The molecule has 0 unspecified atom stereocenters. The minimum atomic E-state index is 0.203. The quantitative estimate of drug-likeness (QED) is 0.562. The molecule has 0 aromatic heterocycles. The van der Waals surface area contributed by atoms with Crippen molar-refractivity contribution < 1.29 is 4.79 Å². The van der Waals surface area contributed by atoms with Crippen LogP contribution in [-0.4, -0.2) is 18.9 Å². The number of ketones is 1. The third-order valence-electron chi connectivity index (χ3n) is 1.68. The largest absolute Gasteiger partial charge is 0.316 e. The molecule has 0 bridgehead atoms. The summed E-state index contributed by atoms with van der Waals surface area (Å²) in [5.41, 5.74) is 0. The smallest absolute Gasteiger partial charge is 0.145 e. The van der Waals surface area contributed by atoms with E-state index in [1.54, 1.807) is 0 Å². The Hall–Kier alpha value is -0.810. The van der Waals surface area contributed by atoms with E-state index in [9.17, 15) is 4.79 Å². The molecule has 0 radical (unpaired) electrons. The van der Waals surface area contributed by atoms with Crippen molar-refractivity contribution >= 4 is 5.78 Å². The second-order valence-corrected chi connectivity index (χ2v) is 2.65. The van der Waals surface area contributed by atoms with E-state index < -0.39 is 0 Å². The van der Waals surface area contributed by atoms with Gasteiger partial charge in [0.25, 0.3) is 0 Å². The molecule has 54 valence electrons. The van der Waals surface area contributed by atoms with Crippen LogP contribution in [0.2, 0.25) is 0 Å². The first-order valence-electron chi connectivity index (χ1n) is 3.49. The molecule has 1 fully saturated rings. The number of hydrogen-bond acceptors (Lipinski definition) is 2. The van der Waals surface area contributed by atoms with E-state index in [2.05, 4.69) is 11.2 Å². The first-order valence-corrected chi connectivity index (χ1v) is 3.49. The molecule has 0 amide bonds. The molecule has 0 saturated carbocycles. The van der Waals surface area contributed by atoms with E-state index in [0.717, 1.165) is 13.1 Å². The molecule has 1 saturated heterocycles. The Morgan fingerprint density at radius 3 is 2.80 bits per heavy atom. The Labute approximate surface area is 61.0 Å². The summed E-state index contributed by atoms with van der Waals surface area (Å²) < 4.78 is 0. The van der Waals surface area contributed by atoms with Gasteiger partial charge < -0.3 is 5.32 Å². The molecular formula is C8H11NO. The SMILES string of the molecule is C#CCC(=O)CC1CNC1. The van der Waals surface area contributed by atoms with E-state index in [1.807, 2.05) is 0 Å². The van der Waals surface area contributed by atoms with Crippen LogP contribution in [0.15, 0.2) is 0 Å². The molecular weight excluding hydrogens is 126 g/mol. The number of carbonyl (C=O) groups excluding carboxylic acids is 1. The first-order chi connectivity index (χ1) is 4.83. The molecule has 1 aliphatic heterocycles. The Morgan fingerprint density at radius 2 is 2.40 bits per heavy atom.